The van der Waals surface area contributed by atoms with Crippen molar-refractivity contribution in [2.24, 2.45) is 0 Å². The molecule has 2 aliphatic rings. The molecule has 1 saturated heterocycles. The Kier molecular flexibility index (Phi) is 1.60. The lowest BCUT2D eigenvalue weighted by molar-refractivity contribution is -0.194. The highest BCUT2D eigenvalue weighted by molar-refractivity contribution is 6.30. The van der Waals surface area contributed by atoms with Crippen LogP contribution in [0.25, 0.3) is 0 Å². The summed E-state index contributed by atoms with van der Waals surface area (Å²) in [6, 6.07) is 0. The van der Waals surface area contributed by atoms with Gasteiger partial charge in [-0.25, -0.2) is 9.59 Å². The van der Waals surface area contributed by atoms with Crippen molar-refractivity contribution >= 4 is 11.9 Å². The minimum atomic E-state index is -0.869. The lowest BCUT2D eigenvalue weighted by Gasteiger charge is -2.31. The molecule has 4 nitrogen and oxygen atoms in total. The van der Waals surface area contributed by atoms with E-state index in [0.29, 0.717) is 12.8 Å². The van der Waals surface area contributed by atoms with Crippen molar-refractivity contribution in [2.75, 3.05) is 0 Å². The Hall–Kier alpha value is -1.32. The van der Waals surface area contributed by atoms with Crippen LogP contribution in [0.5, 0.6) is 0 Å². The van der Waals surface area contributed by atoms with Crippen molar-refractivity contribution in [3.05, 3.63) is 12.2 Å². The minimum Gasteiger partial charge on any atom is -0.450 e. The Morgan fingerprint density at radius 2 is 1.42 bits per heavy atom. The number of carbonyl (C=O) groups excluding carboxylic acids is 2. The highest BCUT2D eigenvalue weighted by Crippen LogP contribution is 2.22. The smallest absolute Gasteiger partial charge is 0.417 e. The summed E-state index contributed by atoms with van der Waals surface area (Å²) < 4.78 is 9.68. The van der Waals surface area contributed by atoms with Crippen LogP contribution in [0.1, 0.15) is 12.8 Å². The van der Waals surface area contributed by atoms with Gasteiger partial charge in [0.2, 0.25) is 0 Å². The molecule has 12 heavy (non-hydrogen) atoms. The van der Waals surface area contributed by atoms with E-state index in [9.17, 15) is 9.59 Å². The van der Waals surface area contributed by atoms with Gasteiger partial charge >= 0.3 is 11.9 Å². The summed E-state index contributed by atoms with van der Waals surface area (Å²) in [7, 11) is 0. The number of rotatable bonds is 0. The van der Waals surface area contributed by atoms with Gasteiger partial charge in [0.25, 0.3) is 0 Å². The molecule has 0 saturated carbocycles. The molecule has 2 atom stereocenters. The number of esters is 2. The fourth-order valence-electron chi connectivity index (χ4n) is 1.38. The monoisotopic (exact) mass is 168 g/mol. The summed E-state index contributed by atoms with van der Waals surface area (Å²) >= 11 is 0. The summed E-state index contributed by atoms with van der Waals surface area (Å²) in [6.45, 7) is 0. The van der Waals surface area contributed by atoms with E-state index in [4.69, 9.17) is 9.47 Å². The average Bonchev–Trinajstić information content (AvgIpc) is 2.07. The molecule has 2 rings (SSSR count). The molecule has 0 aromatic carbocycles. The Labute approximate surface area is 69.1 Å². The zero-order valence-corrected chi connectivity index (χ0v) is 6.36. The standard InChI is InChI=1S/C8H8O4/c9-7-8(10)12-6-4-2-1-3-5(6)11-7/h1-2,5-6H,3-4H2/t5-,6+. The van der Waals surface area contributed by atoms with Gasteiger partial charge in [-0.2, -0.15) is 0 Å². The summed E-state index contributed by atoms with van der Waals surface area (Å²) in [5, 5.41) is 0. The van der Waals surface area contributed by atoms with Crippen LogP contribution in [0, 0.1) is 0 Å². The fraction of sp³-hybridized carbons (Fsp3) is 0.500. The molecular formula is C8H8O4. The van der Waals surface area contributed by atoms with E-state index in [1.54, 1.807) is 0 Å². The summed E-state index contributed by atoms with van der Waals surface area (Å²) in [4.78, 5) is 21.5. The molecule has 0 radical (unpaired) electrons. The summed E-state index contributed by atoms with van der Waals surface area (Å²) in [6.07, 6.45) is 4.61. The first kappa shape index (κ1) is 7.34. The summed E-state index contributed by atoms with van der Waals surface area (Å²) in [5.41, 5.74) is 0. The van der Waals surface area contributed by atoms with Crippen molar-refractivity contribution in [3.63, 3.8) is 0 Å². The van der Waals surface area contributed by atoms with E-state index in [1.807, 2.05) is 12.2 Å². The number of hydrogen-bond acceptors (Lipinski definition) is 4. The van der Waals surface area contributed by atoms with Crippen LogP contribution in [0.4, 0.5) is 0 Å². The van der Waals surface area contributed by atoms with Gasteiger partial charge in [0.15, 0.2) is 0 Å². The number of fused-ring (bicyclic) bond motifs is 1. The topological polar surface area (TPSA) is 52.6 Å². The van der Waals surface area contributed by atoms with Gasteiger partial charge in [0.1, 0.15) is 12.2 Å². The van der Waals surface area contributed by atoms with E-state index in [0.717, 1.165) is 0 Å². The molecular weight excluding hydrogens is 160 g/mol. The van der Waals surface area contributed by atoms with Crippen molar-refractivity contribution in [1.82, 2.24) is 0 Å². The molecule has 0 N–H and O–H groups in total. The Morgan fingerprint density at radius 3 is 1.83 bits per heavy atom. The van der Waals surface area contributed by atoms with Crippen LogP contribution < -0.4 is 0 Å². The molecule has 1 fully saturated rings. The molecule has 4 heteroatoms. The maximum Gasteiger partial charge on any atom is 0.417 e. The van der Waals surface area contributed by atoms with Crippen molar-refractivity contribution in [1.29, 1.82) is 0 Å². The van der Waals surface area contributed by atoms with Gasteiger partial charge in [0, 0.05) is 12.8 Å². The molecule has 0 amide bonds. The largest absolute Gasteiger partial charge is 0.450 e. The molecule has 1 heterocycles. The second-order valence-corrected chi connectivity index (χ2v) is 2.83. The number of ether oxygens (including phenoxy) is 2. The van der Waals surface area contributed by atoms with E-state index in [-0.39, 0.29) is 12.2 Å². The Bertz CT molecular complexity index is 230. The third kappa shape index (κ3) is 1.09. The van der Waals surface area contributed by atoms with E-state index in [1.165, 1.54) is 0 Å². The number of hydrogen-bond donors (Lipinski definition) is 0. The SMILES string of the molecule is O=C1O[C@H]2CC=CC[C@H]2OC1=O. The van der Waals surface area contributed by atoms with Gasteiger partial charge in [-0.3, -0.25) is 0 Å². The van der Waals surface area contributed by atoms with Crippen LogP contribution in [-0.4, -0.2) is 24.1 Å². The van der Waals surface area contributed by atoms with Crippen molar-refractivity contribution in [2.45, 2.75) is 25.0 Å². The zero-order valence-electron chi connectivity index (χ0n) is 6.36. The molecule has 64 valence electrons. The molecule has 1 aliphatic carbocycles. The maximum absolute atomic E-state index is 10.7. The second kappa shape index (κ2) is 2.62. The predicted molar refractivity (Wildman–Crippen MR) is 38.1 cm³/mol. The first-order chi connectivity index (χ1) is 5.77. The quantitative estimate of drug-likeness (QED) is 0.294. The molecule has 0 bridgehead atoms. The van der Waals surface area contributed by atoms with Gasteiger partial charge in [-0.1, -0.05) is 12.2 Å². The molecule has 0 aromatic rings. The predicted octanol–water partition coefficient (Wildman–Crippen LogP) is 0.174. The lowest BCUT2D eigenvalue weighted by Crippen LogP contribution is -2.44. The van der Waals surface area contributed by atoms with Crippen LogP contribution >= 0.6 is 0 Å². The molecule has 0 spiro atoms. The first-order valence-electron chi connectivity index (χ1n) is 3.84. The van der Waals surface area contributed by atoms with Crippen molar-refractivity contribution in [3.8, 4) is 0 Å². The van der Waals surface area contributed by atoms with Crippen LogP contribution in [-0.2, 0) is 19.1 Å². The minimum absolute atomic E-state index is 0.264. The molecule has 0 aromatic heterocycles. The second-order valence-electron chi connectivity index (χ2n) is 2.83. The first-order valence-corrected chi connectivity index (χ1v) is 3.84. The van der Waals surface area contributed by atoms with Crippen LogP contribution in [0.2, 0.25) is 0 Å². The summed E-state index contributed by atoms with van der Waals surface area (Å²) in [5.74, 6) is -1.74. The third-order valence-electron chi connectivity index (χ3n) is 2.00. The van der Waals surface area contributed by atoms with E-state index < -0.39 is 11.9 Å². The van der Waals surface area contributed by atoms with Crippen LogP contribution in [0.3, 0.4) is 0 Å². The fourth-order valence-corrected chi connectivity index (χ4v) is 1.38. The molecule has 1 aliphatic heterocycles. The van der Waals surface area contributed by atoms with Gasteiger partial charge in [-0.05, 0) is 0 Å². The van der Waals surface area contributed by atoms with E-state index in [2.05, 4.69) is 0 Å². The Balaban J connectivity index is 2.14. The molecule has 0 unspecified atom stereocenters. The highest BCUT2D eigenvalue weighted by atomic mass is 16.6. The van der Waals surface area contributed by atoms with Gasteiger partial charge in [-0.15, -0.1) is 0 Å². The number of carbonyl (C=O) groups is 2. The van der Waals surface area contributed by atoms with Crippen molar-refractivity contribution < 1.29 is 19.1 Å². The maximum atomic E-state index is 10.7. The normalized spacial score (nSPS) is 33.7. The van der Waals surface area contributed by atoms with Gasteiger partial charge in [0.05, 0.1) is 0 Å². The van der Waals surface area contributed by atoms with E-state index >= 15 is 0 Å². The lowest BCUT2D eigenvalue weighted by atomic mass is 10.0. The average molecular weight is 168 g/mol. The zero-order chi connectivity index (χ0) is 8.55. The Morgan fingerprint density at radius 1 is 1.00 bits per heavy atom. The third-order valence-corrected chi connectivity index (χ3v) is 2.00. The van der Waals surface area contributed by atoms with Crippen LogP contribution in [0.15, 0.2) is 12.2 Å². The van der Waals surface area contributed by atoms with Gasteiger partial charge < -0.3 is 9.47 Å². The highest BCUT2D eigenvalue weighted by Gasteiger charge is 2.37.